The van der Waals surface area contributed by atoms with Gasteiger partial charge < -0.3 is 4.52 Å². The van der Waals surface area contributed by atoms with Crippen LogP contribution in [0.1, 0.15) is 68.2 Å². The van der Waals surface area contributed by atoms with Crippen molar-refractivity contribution in [3.05, 3.63) is 0 Å². The fourth-order valence-corrected chi connectivity index (χ4v) is 5.27. The Kier molecular flexibility index (Phi) is 10.7. The molecule has 2 unspecified atom stereocenters. The van der Waals surface area contributed by atoms with E-state index in [1.165, 1.54) is 0 Å². The fraction of sp³-hybridized carbons (Fsp3) is 0.941. The average molecular weight is 317 g/mol. The van der Waals surface area contributed by atoms with Crippen molar-refractivity contribution >= 4 is 14.1 Å². The van der Waals surface area contributed by atoms with Crippen molar-refractivity contribution < 1.29 is 9.32 Å². The lowest BCUT2D eigenvalue weighted by atomic mass is 9.95. The highest BCUT2D eigenvalue weighted by Gasteiger charge is 2.30. The van der Waals surface area contributed by atoms with Crippen LogP contribution < -0.4 is 0 Å². The summed E-state index contributed by atoms with van der Waals surface area (Å²) in [6.07, 6.45) is 2.81. The summed E-state index contributed by atoms with van der Waals surface area (Å²) < 4.78 is 8.64. The zero-order chi connectivity index (χ0) is 16.6. The molecule has 0 aromatic carbocycles. The Labute approximate surface area is 133 Å². The first-order valence-electron chi connectivity index (χ1n) is 8.48. The van der Waals surface area contributed by atoms with E-state index in [4.69, 9.17) is 4.52 Å². The Hall–Kier alpha value is 0.0200. The van der Waals surface area contributed by atoms with Crippen molar-refractivity contribution in [2.24, 2.45) is 11.8 Å². The van der Waals surface area contributed by atoms with Gasteiger partial charge in [0.15, 0.2) is 0 Å². The van der Waals surface area contributed by atoms with Gasteiger partial charge in [0, 0.05) is 30.1 Å². The first kappa shape index (κ1) is 21.0. The van der Waals surface area contributed by atoms with Gasteiger partial charge in [-0.05, 0) is 40.5 Å². The summed E-state index contributed by atoms with van der Waals surface area (Å²) in [4.78, 5) is 12.4. The Morgan fingerprint density at radius 3 is 1.90 bits per heavy atom. The Bertz CT molecular complexity index is 285. The second-order valence-electron chi connectivity index (χ2n) is 6.60. The molecular weight excluding hydrogens is 281 g/mol. The van der Waals surface area contributed by atoms with Crippen molar-refractivity contribution in [3.8, 4) is 0 Å². The minimum absolute atomic E-state index is 0.115. The molecule has 0 radical (unpaired) electrons. The summed E-state index contributed by atoms with van der Waals surface area (Å²) >= 11 is 0. The van der Waals surface area contributed by atoms with Gasteiger partial charge in [0.1, 0.15) is 14.1 Å². The van der Waals surface area contributed by atoms with Crippen LogP contribution in [0.15, 0.2) is 0 Å². The van der Waals surface area contributed by atoms with Gasteiger partial charge in [0.05, 0.1) is 6.61 Å². The average Bonchev–Trinajstić information content (AvgIpc) is 2.39. The first-order valence-corrected chi connectivity index (χ1v) is 9.88. The van der Waals surface area contributed by atoms with Crippen LogP contribution in [0.2, 0.25) is 0 Å². The highest BCUT2D eigenvalue weighted by molar-refractivity contribution is 7.50. The van der Waals surface area contributed by atoms with Crippen molar-refractivity contribution in [1.29, 1.82) is 0 Å². The lowest BCUT2D eigenvalue weighted by molar-refractivity contribution is -0.125. The minimum Gasteiger partial charge on any atom is -0.344 e. The lowest BCUT2D eigenvalue weighted by Gasteiger charge is -2.38. The molecule has 0 aliphatic rings. The molecule has 0 bridgehead atoms. The molecule has 21 heavy (non-hydrogen) atoms. The predicted octanol–water partition coefficient (Wildman–Crippen LogP) is 5.10. The molecule has 0 amide bonds. The smallest absolute Gasteiger partial charge is 0.138 e. The van der Waals surface area contributed by atoms with Gasteiger partial charge in [-0.25, -0.2) is 0 Å². The molecule has 0 N–H and O–H groups in total. The van der Waals surface area contributed by atoms with Crippen LogP contribution >= 0.6 is 8.30 Å². The molecule has 0 fully saturated rings. The molecule has 0 saturated carbocycles. The number of hydrogen-bond acceptors (Lipinski definition) is 3. The van der Waals surface area contributed by atoms with Crippen LogP contribution in [0.25, 0.3) is 0 Å². The fourth-order valence-electron chi connectivity index (χ4n) is 2.60. The summed E-state index contributed by atoms with van der Waals surface area (Å²) in [5, 5.41) is 0. The summed E-state index contributed by atoms with van der Waals surface area (Å²) in [5.74, 6) is 0.634. The largest absolute Gasteiger partial charge is 0.344 e. The van der Waals surface area contributed by atoms with Crippen LogP contribution in [-0.2, 0) is 9.32 Å². The molecular formula is C17H36NO2P. The molecule has 0 saturated heterocycles. The Morgan fingerprint density at radius 2 is 1.57 bits per heavy atom. The highest BCUT2D eigenvalue weighted by atomic mass is 31.2. The van der Waals surface area contributed by atoms with Gasteiger partial charge in [-0.15, -0.1) is 0 Å². The standard InChI is InChI=1S/C17H36NO2P/c1-9-11-20-21(18(14(5)6)15(7)8)12-16(10-2)17(19)13(3)4/h13-16H,9-12H2,1-8H3. The highest BCUT2D eigenvalue weighted by Crippen LogP contribution is 2.47. The maximum atomic E-state index is 12.4. The quantitative estimate of drug-likeness (QED) is 0.497. The third-order valence-corrected chi connectivity index (χ3v) is 6.27. The molecule has 126 valence electrons. The van der Waals surface area contributed by atoms with Crippen LogP contribution in [0.3, 0.4) is 0 Å². The summed E-state index contributed by atoms with van der Waals surface area (Å²) in [5.41, 5.74) is 0. The first-order chi connectivity index (χ1) is 9.76. The van der Waals surface area contributed by atoms with Crippen molar-refractivity contribution in [2.75, 3.05) is 12.8 Å². The van der Waals surface area contributed by atoms with Crippen LogP contribution in [0.5, 0.6) is 0 Å². The molecule has 0 aromatic rings. The van der Waals surface area contributed by atoms with E-state index in [-0.39, 0.29) is 11.8 Å². The molecule has 0 aromatic heterocycles. The third-order valence-electron chi connectivity index (χ3n) is 3.60. The van der Waals surface area contributed by atoms with E-state index in [0.29, 0.717) is 17.9 Å². The number of hydrogen-bond donors (Lipinski definition) is 0. The molecule has 0 spiro atoms. The minimum atomic E-state index is -0.699. The van der Waals surface area contributed by atoms with Gasteiger partial charge in [-0.2, -0.15) is 0 Å². The maximum absolute atomic E-state index is 12.4. The summed E-state index contributed by atoms with van der Waals surface area (Å²) in [7, 11) is -0.699. The van der Waals surface area contributed by atoms with E-state index in [0.717, 1.165) is 25.6 Å². The number of rotatable bonds is 11. The SMILES string of the molecule is CCCOP(CC(CC)C(=O)C(C)C)N(C(C)C)C(C)C. The summed E-state index contributed by atoms with van der Waals surface area (Å²) in [6.45, 7) is 17.9. The normalized spacial score (nSPS) is 15.2. The monoisotopic (exact) mass is 317 g/mol. The van der Waals surface area contributed by atoms with Gasteiger partial charge in [-0.3, -0.25) is 9.46 Å². The van der Waals surface area contributed by atoms with E-state index in [1.807, 2.05) is 13.8 Å². The molecule has 4 heteroatoms. The summed E-state index contributed by atoms with van der Waals surface area (Å²) in [6, 6.07) is 0.888. The molecule has 3 nitrogen and oxygen atoms in total. The number of nitrogens with zero attached hydrogens (tertiary/aromatic N) is 1. The predicted molar refractivity (Wildman–Crippen MR) is 93.8 cm³/mol. The van der Waals surface area contributed by atoms with Crippen molar-refractivity contribution in [2.45, 2.75) is 80.3 Å². The lowest BCUT2D eigenvalue weighted by Crippen LogP contribution is -2.35. The Balaban J connectivity index is 5.07. The third kappa shape index (κ3) is 7.21. The van der Waals surface area contributed by atoms with Crippen molar-refractivity contribution in [1.82, 2.24) is 4.67 Å². The molecule has 0 heterocycles. The number of ketones is 1. The molecule has 2 atom stereocenters. The van der Waals surface area contributed by atoms with E-state index in [9.17, 15) is 4.79 Å². The van der Waals surface area contributed by atoms with Crippen LogP contribution in [-0.4, -0.2) is 35.3 Å². The topological polar surface area (TPSA) is 29.5 Å². The second kappa shape index (κ2) is 10.7. The van der Waals surface area contributed by atoms with E-state index in [1.54, 1.807) is 0 Å². The van der Waals surface area contributed by atoms with Gasteiger partial charge >= 0.3 is 0 Å². The van der Waals surface area contributed by atoms with E-state index >= 15 is 0 Å². The Morgan fingerprint density at radius 1 is 1.05 bits per heavy atom. The zero-order valence-electron chi connectivity index (χ0n) is 15.3. The van der Waals surface area contributed by atoms with Crippen LogP contribution in [0, 0.1) is 11.8 Å². The second-order valence-corrected chi connectivity index (χ2v) is 8.39. The molecule has 0 rings (SSSR count). The van der Waals surface area contributed by atoms with E-state index < -0.39 is 8.30 Å². The molecule has 0 aliphatic carbocycles. The number of carbonyl (C=O) groups excluding carboxylic acids is 1. The van der Waals surface area contributed by atoms with Crippen LogP contribution in [0.4, 0.5) is 0 Å². The molecule has 0 aliphatic heterocycles. The number of carbonyl (C=O) groups is 1. The van der Waals surface area contributed by atoms with Gasteiger partial charge in [-0.1, -0.05) is 27.7 Å². The zero-order valence-corrected chi connectivity index (χ0v) is 16.2. The maximum Gasteiger partial charge on any atom is 0.138 e. The van der Waals surface area contributed by atoms with Gasteiger partial charge in [0.2, 0.25) is 0 Å². The van der Waals surface area contributed by atoms with E-state index in [2.05, 4.69) is 46.2 Å². The number of Topliss-reactive ketones (excluding diaryl/α,β-unsaturated/α-hetero) is 1. The van der Waals surface area contributed by atoms with Gasteiger partial charge in [0.25, 0.3) is 0 Å². The van der Waals surface area contributed by atoms with Crippen molar-refractivity contribution in [3.63, 3.8) is 0 Å².